The van der Waals surface area contributed by atoms with E-state index in [4.69, 9.17) is 11.5 Å². The van der Waals surface area contributed by atoms with Crippen molar-refractivity contribution in [2.45, 2.75) is 32.2 Å². The average molecular weight is 245 g/mol. The molecule has 5 nitrogen and oxygen atoms in total. The van der Waals surface area contributed by atoms with Gasteiger partial charge in [-0.25, -0.2) is 4.39 Å². The Kier molecular flexibility index (Phi) is 6.42. The van der Waals surface area contributed by atoms with E-state index < -0.39 is 17.3 Å². The summed E-state index contributed by atoms with van der Waals surface area (Å²) in [5.41, 5.74) is 9.88. The Labute approximate surface area is 101 Å². The predicted octanol–water partition coefficient (Wildman–Crippen LogP) is 0.887. The second-order valence-corrected chi connectivity index (χ2v) is 4.06. The van der Waals surface area contributed by atoms with Crippen LogP contribution in [0, 0.1) is 0 Å². The number of aliphatic imine (C=N–C) groups is 1. The SMILES string of the molecule is COC(=O)[C@](C)(N)CC/C=C(/F)CN=C(C)N. The molecule has 0 amide bonds. The topological polar surface area (TPSA) is 90.7 Å². The van der Waals surface area contributed by atoms with E-state index in [2.05, 4.69) is 9.73 Å². The fraction of sp³-hybridized carbons (Fsp3) is 0.636. The summed E-state index contributed by atoms with van der Waals surface area (Å²) in [6, 6.07) is 0. The van der Waals surface area contributed by atoms with Gasteiger partial charge in [-0.15, -0.1) is 0 Å². The summed E-state index contributed by atoms with van der Waals surface area (Å²) >= 11 is 0. The minimum atomic E-state index is -1.10. The maximum Gasteiger partial charge on any atom is 0.325 e. The second-order valence-electron chi connectivity index (χ2n) is 4.06. The molecule has 0 aromatic carbocycles. The highest BCUT2D eigenvalue weighted by Crippen LogP contribution is 2.12. The Morgan fingerprint density at radius 2 is 2.18 bits per heavy atom. The molecule has 0 fully saturated rings. The maximum atomic E-state index is 13.2. The molecule has 0 aromatic heterocycles. The first-order valence-electron chi connectivity index (χ1n) is 5.28. The van der Waals surface area contributed by atoms with Crippen molar-refractivity contribution in [1.29, 1.82) is 0 Å². The Balaban J connectivity index is 4.17. The van der Waals surface area contributed by atoms with E-state index in [1.165, 1.54) is 13.2 Å². The molecule has 0 saturated carbocycles. The van der Waals surface area contributed by atoms with Gasteiger partial charge in [-0.05, 0) is 26.7 Å². The van der Waals surface area contributed by atoms with Crippen LogP contribution in [0.15, 0.2) is 16.9 Å². The fourth-order valence-electron chi connectivity index (χ4n) is 1.13. The normalized spacial score (nSPS) is 16.5. The highest BCUT2D eigenvalue weighted by molar-refractivity contribution is 5.79. The summed E-state index contributed by atoms with van der Waals surface area (Å²) in [5, 5.41) is 0. The number of carbonyl (C=O) groups is 1. The Morgan fingerprint density at radius 3 is 2.65 bits per heavy atom. The van der Waals surface area contributed by atoms with Gasteiger partial charge in [0.05, 0.1) is 19.5 Å². The summed E-state index contributed by atoms with van der Waals surface area (Å²) in [7, 11) is 1.27. The summed E-state index contributed by atoms with van der Waals surface area (Å²) in [6.07, 6.45) is 1.99. The van der Waals surface area contributed by atoms with E-state index in [1.54, 1.807) is 13.8 Å². The number of hydrogen-bond donors (Lipinski definition) is 2. The lowest BCUT2D eigenvalue weighted by Crippen LogP contribution is -2.45. The van der Waals surface area contributed by atoms with Gasteiger partial charge < -0.3 is 16.2 Å². The van der Waals surface area contributed by atoms with Crippen molar-refractivity contribution in [2.24, 2.45) is 16.5 Å². The van der Waals surface area contributed by atoms with Gasteiger partial charge in [-0.2, -0.15) is 0 Å². The molecule has 1 atom stereocenters. The van der Waals surface area contributed by atoms with Gasteiger partial charge in [0.15, 0.2) is 0 Å². The number of rotatable bonds is 6. The average Bonchev–Trinajstić information content (AvgIpc) is 2.24. The third-order valence-corrected chi connectivity index (χ3v) is 2.16. The number of carbonyl (C=O) groups excluding carboxylic acids is 1. The van der Waals surface area contributed by atoms with Gasteiger partial charge in [0.1, 0.15) is 11.4 Å². The standard InChI is InChI=1S/C11H20FN3O2/c1-8(13)15-7-9(12)5-4-6-11(2,14)10(16)17-3/h5H,4,6-7,14H2,1-3H3,(H2,13,15)/b9-5+/t11-/m1/s1. The molecule has 0 aliphatic heterocycles. The van der Waals surface area contributed by atoms with Crippen molar-refractivity contribution < 1.29 is 13.9 Å². The summed E-state index contributed by atoms with van der Waals surface area (Å²) in [6.45, 7) is 3.05. The van der Waals surface area contributed by atoms with Gasteiger partial charge >= 0.3 is 5.97 Å². The molecule has 0 spiro atoms. The van der Waals surface area contributed by atoms with Crippen LogP contribution in [-0.4, -0.2) is 31.0 Å². The van der Waals surface area contributed by atoms with Gasteiger partial charge in [0.2, 0.25) is 0 Å². The molecule has 17 heavy (non-hydrogen) atoms. The molecule has 0 aliphatic carbocycles. The second kappa shape index (κ2) is 7.01. The molecule has 98 valence electrons. The zero-order chi connectivity index (χ0) is 13.5. The molecule has 0 aromatic rings. The quantitative estimate of drug-likeness (QED) is 0.413. The number of hydrogen-bond acceptors (Lipinski definition) is 4. The van der Waals surface area contributed by atoms with Gasteiger partial charge in [-0.3, -0.25) is 9.79 Å². The number of ether oxygens (including phenoxy) is 1. The van der Waals surface area contributed by atoms with Crippen molar-refractivity contribution in [3.63, 3.8) is 0 Å². The van der Waals surface area contributed by atoms with E-state index in [-0.39, 0.29) is 6.54 Å². The molecule has 0 bridgehead atoms. The van der Waals surface area contributed by atoms with Crippen molar-refractivity contribution in [3.8, 4) is 0 Å². The maximum absolute atomic E-state index is 13.2. The molecule has 0 heterocycles. The number of esters is 1. The number of halogens is 1. The van der Waals surface area contributed by atoms with E-state index in [9.17, 15) is 9.18 Å². The smallest absolute Gasteiger partial charge is 0.325 e. The van der Waals surface area contributed by atoms with Crippen LogP contribution in [0.1, 0.15) is 26.7 Å². The van der Waals surface area contributed by atoms with Gasteiger partial charge in [0, 0.05) is 0 Å². The van der Waals surface area contributed by atoms with Crippen LogP contribution in [0.25, 0.3) is 0 Å². The van der Waals surface area contributed by atoms with E-state index >= 15 is 0 Å². The number of nitrogens with two attached hydrogens (primary N) is 2. The number of methoxy groups -OCH3 is 1. The first-order valence-corrected chi connectivity index (χ1v) is 5.28. The number of allylic oxidation sites excluding steroid dienone is 1. The fourth-order valence-corrected chi connectivity index (χ4v) is 1.13. The summed E-state index contributed by atoms with van der Waals surface area (Å²) < 4.78 is 17.7. The highest BCUT2D eigenvalue weighted by Gasteiger charge is 2.28. The Bertz CT molecular complexity index is 321. The molecular weight excluding hydrogens is 225 g/mol. The first kappa shape index (κ1) is 15.6. The lowest BCUT2D eigenvalue weighted by atomic mass is 9.97. The number of amidine groups is 1. The molecule has 0 aliphatic rings. The van der Waals surface area contributed by atoms with Gasteiger partial charge in [-0.1, -0.05) is 6.08 Å². The van der Waals surface area contributed by atoms with Crippen molar-refractivity contribution >= 4 is 11.8 Å². The lowest BCUT2D eigenvalue weighted by molar-refractivity contribution is -0.146. The molecule has 4 N–H and O–H groups in total. The minimum Gasteiger partial charge on any atom is -0.468 e. The van der Waals surface area contributed by atoms with E-state index in [1.807, 2.05) is 0 Å². The van der Waals surface area contributed by atoms with Crippen LogP contribution in [0.5, 0.6) is 0 Å². The Hall–Kier alpha value is -1.43. The van der Waals surface area contributed by atoms with Crippen LogP contribution < -0.4 is 11.5 Å². The molecule has 0 saturated heterocycles. The summed E-state index contributed by atoms with van der Waals surface area (Å²) in [5.74, 6) is -0.579. The summed E-state index contributed by atoms with van der Waals surface area (Å²) in [4.78, 5) is 14.9. The predicted molar refractivity (Wildman–Crippen MR) is 65.2 cm³/mol. The molecule has 6 heteroatoms. The van der Waals surface area contributed by atoms with Crippen LogP contribution in [0.2, 0.25) is 0 Å². The van der Waals surface area contributed by atoms with Crippen molar-refractivity contribution in [3.05, 3.63) is 11.9 Å². The van der Waals surface area contributed by atoms with Gasteiger partial charge in [0.25, 0.3) is 0 Å². The third-order valence-electron chi connectivity index (χ3n) is 2.16. The molecular formula is C11H20FN3O2. The monoisotopic (exact) mass is 245 g/mol. The Morgan fingerprint density at radius 1 is 1.59 bits per heavy atom. The third kappa shape index (κ3) is 6.68. The minimum absolute atomic E-state index is 0.0815. The van der Waals surface area contributed by atoms with Crippen LogP contribution in [-0.2, 0) is 9.53 Å². The van der Waals surface area contributed by atoms with E-state index in [0.29, 0.717) is 18.7 Å². The molecule has 0 unspecified atom stereocenters. The molecule has 0 radical (unpaired) electrons. The van der Waals surface area contributed by atoms with Crippen LogP contribution in [0.3, 0.4) is 0 Å². The van der Waals surface area contributed by atoms with E-state index in [0.717, 1.165) is 0 Å². The first-order chi connectivity index (χ1) is 7.79. The highest BCUT2D eigenvalue weighted by atomic mass is 19.1. The van der Waals surface area contributed by atoms with Crippen molar-refractivity contribution in [1.82, 2.24) is 0 Å². The zero-order valence-corrected chi connectivity index (χ0v) is 10.5. The molecule has 0 rings (SSSR count). The zero-order valence-electron chi connectivity index (χ0n) is 10.5. The lowest BCUT2D eigenvalue weighted by Gasteiger charge is -2.20. The largest absolute Gasteiger partial charge is 0.468 e. The van der Waals surface area contributed by atoms with Crippen molar-refractivity contribution in [2.75, 3.05) is 13.7 Å². The number of nitrogens with zero attached hydrogens (tertiary/aromatic N) is 1. The van der Waals surface area contributed by atoms with Crippen LogP contribution in [0.4, 0.5) is 4.39 Å². The van der Waals surface area contributed by atoms with Crippen LogP contribution >= 0.6 is 0 Å².